The summed E-state index contributed by atoms with van der Waals surface area (Å²) in [7, 11) is 4.18. The highest BCUT2D eigenvalue weighted by Gasteiger charge is 2.13. The molecule has 2 aromatic heterocycles. The Balaban J connectivity index is 1.51. The molecule has 0 unspecified atom stereocenters. The van der Waals surface area contributed by atoms with Crippen molar-refractivity contribution in [2.45, 2.75) is 19.3 Å². The van der Waals surface area contributed by atoms with Gasteiger partial charge in [-0.15, -0.1) is 11.3 Å². The summed E-state index contributed by atoms with van der Waals surface area (Å²) in [5, 5.41) is 4.15. The highest BCUT2D eigenvalue weighted by Crippen LogP contribution is 2.28. The van der Waals surface area contributed by atoms with Gasteiger partial charge in [0, 0.05) is 28.6 Å². The van der Waals surface area contributed by atoms with Gasteiger partial charge in [-0.2, -0.15) is 0 Å². The number of rotatable bonds is 8. The number of hydrogen-bond donors (Lipinski definition) is 1. The van der Waals surface area contributed by atoms with Crippen LogP contribution in [0, 0.1) is 0 Å². The van der Waals surface area contributed by atoms with E-state index in [9.17, 15) is 4.79 Å². The van der Waals surface area contributed by atoms with Gasteiger partial charge in [-0.25, -0.2) is 0 Å². The number of benzene rings is 2. The van der Waals surface area contributed by atoms with Gasteiger partial charge in [-0.3, -0.25) is 9.78 Å². The van der Waals surface area contributed by atoms with Crippen LogP contribution in [-0.4, -0.2) is 36.3 Å². The molecule has 0 aliphatic carbocycles. The number of thiophene rings is 1. The summed E-state index contributed by atoms with van der Waals surface area (Å²) in [5.74, 6) is -0.0213. The molecule has 0 saturated heterocycles. The van der Waals surface area contributed by atoms with Crippen LogP contribution in [0.4, 0.5) is 5.69 Å². The number of nitrogens with two attached hydrogens (primary N) is 1. The number of carbonyl (C=O) groups excluding carboxylic acids is 1. The Bertz CT molecular complexity index is 1200. The zero-order valence-electron chi connectivity index (χ0n) is 18.0. The smallest absolute Gasteiger partial charge is 0.185 e. The second-order valence-electron chi connectivity index (χ2n) is 8.15. The zero-order chi connectivity index (χ0) is 21.8. The van der Waals surface area contributed by atoms with Gasteiger partial charge in [0.05, 0.1) is 0 Å². The molecule has 0 spiro atoms. The molecule has 0 bridgehead atoms. The number of anilines is 1. The van der Waals surface area contributed by atoms with E-state index in [2.05, 4.69) is 48.2 Å². The molecule has 4 nitrogen and oxygen atoms in total. The summed E-state index contributed by atoms with van der Waals surface area (Å²) in [6.45, 7) is 1.07. The van der Waals surface area contributed by atoms with E-state index >= 15 is 0 Å². The lowest BCUT2D eigenvalue weighted by Crippen LogP contribution is -2.13. The van der Waals surface area contributed by atoms with Crippen molar-refractivity contribution in [3.63, 3.8) is 0 Å². The Morgan fingerprint density at radius 1 is 1.06 bits per heavy atom. The highest BCUT2D eigenvalue weighted by molar-refractivity contribution is 7.13. The molecule has 2 aromatic carbocycles. The first-order valence-corrected chi connectivity index (χ1v) is 11.4. The standard InChI is InChI=1S/C26H27N3OS/c1-29(2)11-3-5-18-7-8-19-15-24(28-17-22(19)13-18)25(30)16-21-14-20(9-10-23(21)27)26-6-4-12-31-26/h4,6-10,12-15,17H,3,5,11,16,27H2,1-2H3. The molecule has 0 fully saturated rings. The third kappa shape index (κ3) is 5.19. The molecular weight excluding hydrogens is 402 g/mol. The molecule has 0 aliphatic rings. The molecule has 0 aliphatic heterocycles. The maximum Gasteiger partial charge on any atom is 0.185 e. The van der Waals surface area contributed by atoms with E-state index < -0.39 is 0 Å². The Morgan fingerprint density at radius 2 is 1.94 bits per heavy atom. The lowest BCUT2D eigenvalue weighted by molar-refractivity contribution is 0.0988. The van der Waals surface area contributed by atoms with Gasteiger partial charge in [0.2, 0.25) is 0 Å². The lowest BCUT2D eigenvalue weighted by Gasteiger charge is -2.10. The van der Waals surface area contributed by atoms with E-state index in [4.69, 9.17) is 5.73 Å². The van der Waals surface area contributed by atoms with E-state index in [1.54, 1.807) is 11.3 Å². The molecule has 2 heterocycles. The first-order chi connectivity index (χ1) is 15.0. The summed E-state index contributed by atoms with van der Waals surface area (Å²) < 4.78 is 0. The number of fused-ring (bicyclic) bond motifs is 1. The lowest BCUT2D eigenvalue weighted by atomic mass is 10.00. The summed E-state index contributed by atoms with van der Waals surface area (Å²) in [5.41, 5.74) is 10.5. The molecule has 4 aromatic rings. The molecule has 0 saturated carbocycles. The third-order valence-electron chi connectivity index (χ3n) is 5.44. The number of hydrogen-bond acceptors (Lipinski definition) is 5. The number of aromatic nitrogens is 1. The van der Waals surface area contributed by atoms with Crippen molar-refractivity contribution in [3.05, 3.63) is 83.0 Å². The van der Waals surface area contributed by atoms with Crippen LogP contribution >= 0.6 is 11.3 Å². The molecule has 0 atom stereocenters. The summed E-state index contributed by atoms with van der Waals surface area (Å²) in [4.78, 5) is 20.8. The second-order valence-corrected chi connectivity index (χ2v) is 9.10. The fourth-order valence-electron chi connectivity index (χ4n) is 3.72. The van der Waals surface area contributed by atoms with Crippen LogP contribution < -0.4 is 5.73 Å². The number of nitrogen functional groups attached to an aromatic ring is 1. The number of nitrogens with zero attached hydrogens (tertiary/aromatic N) is 2. The van der Waals surface area contributed by atoms with Crippen molar-refractivity contribution in [1.82, 2.24) is 9.88 Å². The quantitative estimate of drug-likeness (QED) is 0.298. The van der Waals surface area contributed by atoms with Crippen molar-refractivity contribution in [3.8, 4) is 10.4 Å². The Hall–Kier alpha value is -3.02. The van der Waals surface area contributed by atoms with Crippen LogP contribution in [-0.2, 0) is 12.8 Å². The van der Waals surface area contributed by atoms with Crippen molar-refractivity contribution < 1.29 is 4.79 Å². The van der Waals surface area contributed by atoms with Gasteiger partial charge in [0.15, 0.2) is 5.78 Å². The topological polar surface area (TPSA) is 59.2 Å². The van der Waals surface area contributed by atoms with Crippen LogP contribution in [0.15, 0.2) is 66.2 Å². The molecule has 31 heavy (non-hydrogen) atoms. The summed E-state index contributed by atoms with van der Waals surface area (Å²) in [6, 6.07) is 18.3. The predicted molar refractivity (Wildman–Crippen MR) is 131 cm³/mol. The van der Waals surface area contributed by atoms with Crippen LogP contribution in [0.5, 0.6) is 0 Å². The first kappa shape index (κ1) is 21.2. The number of aryl methyl sites for hydroxylation is 1. The van der Waals surface area contributed by atoms with E-state index in [0.29, 0.717) is 11.4 Å². The number of ketones is 1. The molecule has 0 amide bonds. The molecule has 5 heteroatoms. The van der Waals surface area contributed by atoms with Crippen LogP contribution in [0.1, 0.15) is 28.0 Å². The van der Waals surface area contributed by atoms with Crippen molar-refractivity contribution in [2.75, 3.05) is 26.4 Å². The average Bonchev–Trinajstić information content (AvgIpc) is 3.29. The minimum Gasteiger partial charge on any atom is -0.398 e. The third-order valence-corrected chi connectivity index (χ3v) is 6.36. The SMILES string of the molecule is CN(C)CCCc1ccc2cc(C(=O)Cc3cc(-c4cccs4)ccc3N)ncc2c1. The fourth-order valence-corrected chi connectivity index (χ4v) is 4.44. The van der Waals surface area contributed by atoms with E-state index in [-0.39, 0.29) is 12.2 Å². The van der Waals surface area contributed by atoms with Crippen molar-refractivity contribution in [2.24, 2.45) is 0 Å². The van der Waals surface area contributed by atoms with Crippen LogP contribution in [0.2, 0.25) is 0 Å². The van der Waals surface area contributed by atoms with Gasteiger partial charge in [-0.1, -0.05) is 24.3 Å². The summed E-state index contributed by atoms with van der Waals surface area (Å²) in [6.07, 6.45) is 4.21. The monoisotopic (exact) mass is 429 g/mol. The van der Waals surface area contributed by atoms with Crippen molar-refractivity contribution in [1.29, 1.82) is 0 Å². The van der Waals surface area contributed by atoms with E-state index in [1.165, 1.54) is 10.4 Å². The second kappa shape index (κ2) is 9.41. The van der Waals surface area contributed by atoms with Gasteiger partial charge >= 0.3 is 0 Å². The summed E-state index contributed by atoms with van der Waals surface area (Å²) >= 11 is 1.67. The van der Waals surface area contributed by atoms with Gasteiger partial charge < -0.3 is 10.6 Å². The predicted octanol–water partition coefficient (Wildman–Crippen LogP) is 5.47. The molecule has 0 radical (unpaired) electrons. The minimum atomic E-state index is -0.0213. The minimum absolute atomic E-state index is 0.0213. The maximum atomic E-state index is 13.0. The largest absolute Gasteiger partial charge is 0.398 e. The van der Waals surface area contributed by atoms with E-state index in [0.717, 1.165) is 41.3 Å². The Labute approximate surface area is 187 Å². The van der Waals surface area contributed by atoms with E-state index in [1.807, 2.05) is 41.9 Å². The van der Waals surface area contributed by atoms with Crippen LogP contribution in [0.3, 0.4) is 0 Å². The maximum absolute atomic E-state index is 13.0. The normalized spacial score (nSPS) is 11.3. The molecule has 158 valence electrons. The van der Waals surface area contributed by atoms with Crippen LogP contribution in [0.25, 0.3) is 21.2 Å². The number of Topliss-reactive ketones (excluding diaryl/α,β-unsaturated/α-hetero) is 1. The van der Waals surface area contributed by atoms with Gasteiger partial charge in [0.1, 0.15) is 5.69 Å². The average molecular weight is 430 g/mol. The first-order valence-electron chi connectivity index (χ1n) is 10.5. The van der Waals surface area contributed by atoms with Crippen molar-refractivity contribution >= 4 is 33.6 Å². The van der Waals surface area contributed by atoms with Gasteiger partial charge in [-0.05, 0) is 91.3 Å². The number of carbonyl (C=O) groups is 1. The van der Waals surface area contributed by atoms with Gasteiger partial charge in [0.25, 0.3) is 0 Å². The molecule has 2 N–H and O–H groups in total. The molecule has 4 rings (SSSR count). The fraction of sp³-hybridized carbons (Fsp3) is 0.231. The Morgan fingerprint density at radius 3 is 2.71 bits per heavy atom. The zero-order valence-corrected chi connectivity index (χ0v) is 18.8. The Kier molecular flexibility index (Phi) is 6.44. The highest BCUT2D eigenvalue weighted by atomic mass is 32.1. The molecular formula is C26H27N3OS. The number of pyridine rings is 1.